The summed E-state index contributed by atoms with van der Waals surface area (Å²) in [6.45, 7) is 1.68. The molecular weight excluding hydrogens is 407 g/mol. The summed E-state index contributed by atoms with van der Waals surface area (Å²) in [6.07, 6.45) is 4.53. The number of hydrogen-bond donors (Lipinski definition) is 2. The number of nitrogens with zero attached hydrogens (tertiary/aromatic N) is 1. The smallest absolute Gasteiger partial charge is 0.257 e. The zero-order valence-corrected chi connectivity index (χ0v) is 14.1. The number of hydrogen-bond acceptors (Lipinski definition) is 5. The molecule has 112 valence electrons. The van der Waals surface area contributed by atoms with Gasteiger partial charge in [0.25, 0.3) is 3.90 Å². The molecule has 1 aromatic carbocycles. The molecule has 0 aliphatic rings. The summed E-state index contributed by atoms with van der Waals surface area (Å²) in [5.74, 6) is 2.62. The second-order valence-electron chi connectivity index (χ2n) is 3.81. The van der Waals surface area contributed by atoms with Crippen LogP contribution in [0.5, 0.6) is 0 Å². The number of aliphatic hydroxyl groups is 1. The van der Waals surface area contributed by atoms with E-state index in [2.05, 4.69) is 11.4 Å². The molecule has 3 N–H and O–H groups in total. The molecule has 0 spiro atoms. The fourth-order valence-corrected chi connectivity index (χ4v) is 2.52. The maximum atomic E-state index is 11.1. The van der Waals surface area contributed by atoms with Crippen LogP contribution in [0.4, 0.5) is 0 Å². The molecule has 2 rings (SSSR count). The van der Waals surface area contributed by atoms with E-state index in [9.17, 15) is 8.42 Å². The molecule has 0 radical (unpaired) electrons. The third kappa shape index (κ3) is 5.13. The molecule has 1 heterocycles. The Hall–Kier alpha value is -1.41. The molecule has 0 aliphatic heterocycles. The molecule has 2 aromatic rings. The first-order chi connectivity index (χ1) is 9.79. The second-order valence-corrected chi connectivity index (χ2v) is 6.30. The number of aryl methyl sites for hydroxylation is 1. The normalized spacial score (nSPS) is 10.4. The van der Waals surface area contributed by atoms with Crippen LogP contribution in [0.25, 0.3) is 11.3 Å². The lowest BCUT2D eigenvalue weighted by Crippen LogP contribution is -2.11. The van der Waals surface area contributed by atoms with Gasteiger partial charge in [-0.1, -0.05) is 5.92 Å². The fourth-order valence-electron chi connectivity index (χ4n) is 1.43. The van der Waals surface area contributed by atoms with Crippen molar-refractivity contribution in [3.8, 4) is 23.7 Å². The number of nitrogens with two attached hydrogens (primary N) is 1. The van der Waals surface area contributed by atoms with Crippen LogP contribution in [-0.4, -0.2) is 25.1 Å². The molecule has 8 heteroatoms. The summed E-state index contributed by atoms with van der Waals surface area (Å²) in [6, 6.07) is 6.17. The summed E-state index contributed by atoms with van der Waals surface area (Å²) in [4.78, 5) is 4.21. The highest BCUT2D eigenvalue weighted by atomic mass is 127. The minimum Gasteiger partial charge on any atom is -0.432 e. The Labute approximate surface area is 136 Å². The summed E-state index contributed by atoms with van der Waals surface area (Å²) in [7, 11) is -3.65. The number of rotatable bonds is 2. The molecule has 1 aromatic heterocycles. The largest absolute Gasteiger partial charge is 0.432 e. The molecule has 0 amide bonds. The van der Waals surface area contributed by atoms with Gasteiger partial charge in [-0.3, -0.25) is 0 Å². The Morgan fingerprint density at radius 2 is 1.95 bits per heavy atom. The van der Waals surface area contributed by atoms with Crippen molar-refractivity contribution in [1.29, 1.82) is 0 Å². The van der Waals surface area contributed by atoms with Gasteiger partial charge in [0, 0.05) is 28.2 Å². The third-order valence-corrected chi connectivity index (χ3v) is 3.70. The number of sulfonamides is 1. The first-order valence-corrected chi connectivity index (χ1v) is 8.22. The van der Waals surface area contributed by atoms with Crippen LogP contribution < -0.4 is 5.14 Å². The molecule has 0 saturated heterocycles. The van der Waals surface area contributed by atoms with E-state index < -0.39 is 10.0 Å². The van der Waals surface area contributed by atoms with Crippen molar-refractivity contribution in [2.24, 2.45) is 5.14 Å². The standard InChI is InChI=1S/C10H9IN2O3S.C3H4O/c1-6-9(16-10(11)13-6)7-2-4-8(5-3-7)17(12,14)15;1-2-3-4/h2-5H,1H3,(H2,12,14,15);1,4H,3H2. The number of benzene rings is 1. The van der Waals surface area contributed by atoms with Crippen molar-refractivity contribution in [3.05, 3.63) is 33.9 Å². The summed E-state index contributed by atoms with van der Waals surface area (Å²) in [5.41, 5.74) is 1.53. The summed E-state index contributed by atoms with van der Waals surface area (Å²) < 4.78 is 28.2. The average Bonchev–Trinajstić information content (AvgIpc) is 2.77. The maximum absolute atomic E-state index is 11.1. The second kappa shape index (κ2) is 7.56. The van der Waals surface area contributed by atoms with Gasteiger partial charge in [0.15, 0.2) is 5.76 Å². The van der Waals surface area contributed by atoms with Crippen molar-refractivity contribution >= 4 is 32.6 Å². The van der Waals surface area contributed by atoms with E-state index in [0.29, 0.717) is 9.66 Å². The van der Waals surface area contributed by atoms with Crippen molar-refractivity contribution < 1.29 is 17.9 Å². The van der Waals surface area contributed by atoms with Gasteiger partial charge in [-0.05, 0) is 31.2 Å². The summed E-state index contributed by atoms with van der Waals surface area (Å²) >= 11 is 1.98. The number of aromatic nitrogens is 1. The Kier molecular flexibility index (Phi) is 6.35. The third-order valence-electron chi connectivity index (χ3n) is 2.31. The number of primary sulfonamides is 1. The van der Waals surface area contributed by atoms with Crippen LogP contribution in [0.2, 0.25) is 0 Å². The van der Waals surface area contributed by atoms with Crippen LogP contribution in [-0.2, 0) is 10.0 Å². The minimum atomic E-state index is -3.65. The first kappa shape index (κ1) is 17.6. The number of oxazole rings is 1. The van der Waals surface area contributed by atoms with Gasteiger partial charge in [0.2, 0.25) is 10.0 Å². The van der Waals surface area contributed by atoms with Crippen LogP contribution >= 0.6 is 22.6 Å². The fraction of sp³-hybridized carbons (Fsp3) is 0.154. The molecule has 0 saturated carbocycles. The quantitative estimate of drug-likeness (QED) is 0.566. The molecule has 6 nitrogen and oxygen atoms in total. The average molecular weight is 420 g/mol. The van der Waals surface area contributed by atoms with Gasteiger partial charge in [-0.15, -0.1) is 6.42 Å². The maximum Gasteiger partial charge on any atom is 0.257 e. The molecule has 0 unspecified atom stereocenters. The van der Waals surface area contributed by atoms with Crippen molar-refractivity contribution in [1.82, 2.24) is 4.98 Å². The number of aliphatic hydroxyl groups excluding tert-OH is 1. The van der Waals surface area contributed by atoms with Crippen LogP contribution in [0.15, 0.2) is 33.6 Å². The molecule has 0 aliphatic carbocycles. The van der Waals surface area contributed by atoms with E-state index in [1.807, 2.05) is 35.4 Å². The van der Waals surface area contributed by atoms with Gasteiger partial charge in [0.05, 0.1) is 10.6 Å². The van der Waals surface area contributed by atoms with Crippen LogP contribution in [0.1, 0.15) is 5.69 Å². The lowest BCUT2D eigenvalue weighted by molar-refractivity contribution is 0.351. The highest BCUT2D eigenvalue weighted by Crippen LogP contribution is 2.25. The van der Waals surface area contributed by atoms with E-state index in [1.165, 1.54) is 12.1 Å². The molecule has 21 heavy (non-hydrogen) atoms. The van der Waals surface area contributed by atoms with Crippen LogP contribution in [0, 0.1) is 23.2 Å². The number of halogens is 1. The lowest BCUT2D eigenvalue weighted by Gasteiger charge is -2.00. The number of terminal acetylenes is 1. The first-order valence-electron chi connectivity index (χ1n) is 5.60. The monoisotopic (exact) mass is 420 g/mol. The predicted octanol–water partition coefficient (Wildman–Crippen LogP) is 1.51. The Bertz CT molecular complexity index is 745. The van der Waals surface area contributed by atoms with Gasteiger partial charge >= 0.3 is 0 Å². The predicted molar refractivity (Wildman–Crippen MR) is 86.7 cm³/mol. The van der Waals surface area contributed by atoms with Crippen molar-refractivity contribution in [2.75, 3.05) is 6.61 Å². The molecule has 0 bridgehead atoms. The van der Waals surface area contributed by atoms with Gasteiger partial charge < -0.3 is 9.52 Å². The van der Waals surface area contributed by atoms with Gasteiger partial charge in [-0.2, -0.15) is 0 Å². The van der Waals surface area contributed by atoms with E-state index in [0.717, 1.165) is 11.3 Å². The summed E-state index contributed by atoms with van der Waals surface area (Å²) in [5, 5.41) is 12.7. The zero-order chi connectivity index (χ0) is 16.0. The van der Waals surface area contributed by atoms with E-state index >= 15 is 0 Å². The minimum absolute atomic E-state index is 0.0770. The van der Waals surface area contributed by atoms with Gasteiger partial charge in [-0.25, -0.2) is 18.5 Å². The highest BCUT2D eigenvalue weighted by Gasteiger charge is 2.12. The van der Waals surface area contributed by atoms with Crippen LogP contribution in [0.3, 0.4) is 0 Å². The molecule has 0 fully saturated rings. The van der Waals surface area contributed by atoms with E-state index in [4.69, 9.17) is 14.7 Å². The van der Waals surface area contributed by atoms with Crippen molar-refractivity contribution in [3.63, 3.8) is 0 Å². The molecule has 0 atom stereocenters. The molecular formula is C13H13IN2O4S. The Morgan fingerprint density at radius 3 is 2.29 bits per heavy atom. The van der Waals surface area contributed by atoms with Crippen molar-refractivity contribution in [2.45, 2.75) is 11.8 Å². The topological polar surface area (TPSA) is 106 Å². The zero-order valence-electron chi connectivity index (χ0n) is 11.1. The Morgan fingerprint density at radius 1 is 1.43 bits per heavy atom. The van der Waals surface area contributed by atoms with E-state index in [-0.39, 0.29) is 11.5 Å². The SMILES string of the molecule is C#CCO.Cc1nc(I)oc1-c1ccc(S(N)(=O)=O)cc1. The van der Waals surface area contributed by atoms with Gasteiger partial charge in [0.1, 0.15) is 6.61 Å². The Balaban J connectivity index is 0.000000491. The lowest BCUT2D eigenvalue weighted by atomic mass is 10.1. The highest BCUT2D eigenvalue weighted by molar-refractivity contribution is 14.1. The van der Waals surface area contributed by atoms with E-state index in [1.54, 1.807) is 12.1 Å².